The van der Waals surface area contributed by atoms with Crippen LogP contribution in [0.2, 0.25) is 0 Å². The number of halogens is 1. The summed E-state index contributed by atoms with van der Waals surface area (Å²) in [5.41, 5.74) is 2.82. The average molecular weight is 441 g/mol. The fourth-order valence-corrected chi connectivity index (χ4v) is 3.62. The quantitative estimate of drug-likeness (QED) is 0.657. The molecule has 1 N–H and O–H groups in total. The van der Waals surface area contributed by atoms with Crippen molar-refractivity contribution < 1.29 is 18.7 Å². The van der Waals surface area contributed by atoms with Gasteiger partial charge in [-0.25, -0.2) is 9.18 Å². The summed E-state index contributed by atoms with van der Waals surface area (Å²) in [6.45, 7) is 2.00. The Morgan fingerprint density at radius 3 is 2.48 bits per heavy atom. The van der Waals surface area contributed by atoms with Crippen molar-refractivity contribution in [2.45, 2.75) is 6.61 Å². The van der Waals surface area contributed by atoms with E-state index < -0.39 is 0 Å². The molecule has 0 unspecified atom stereocenters. The first-order valence-electron chi connectivity index (χ1n) is 9.67. The van der Waals surface area contributed by atoms with E-state index in [4.69, 9.17) is 4.74 Å². The number of hydrogen-bond donors (Lipinski definition) is 1. The van der Waals surface area contributed by atoms with Crippen LogP contribution in [0.5, 0.6) is 5.75 Å². The van der Waals surface area contributed by atoms with Crippen LogP contribution < -0.4 is 10.1 Å². The number of nitrogens with zero attached hydrogens (tertiary/aromatic N) is 4. The highest BCUT2D eigenvalue weighted by molar-refractivity contribution is 7.13. The first-order chi connectivity index (χ1) is 15.1. The molecular weight excluding hydrogens is 421 g/mol. The van der Waals surface area contributed by atoms with Crippen LogP contribution in [0.1, 0.15) is 15.9 Å². The van der Waals surface area contributed by atoms with Gasteiger partial charge in [0.2, 0.25) is 5.13 Å². The van der Waals surface area contributed by atoms with Crippen LogP contribution in [0.3, 0.4) is 0 Å². The maximum absolute atomic E-state index is 13.2. The van der Waals surface area contributed by atoms with Gasteiger partial charge in [-0.15, -0.1) is 10.2 Å². The minimum Gasteiger partial charge on any atom is -0.489 e. The van der Waals surface area contributed by atoms with E-state index in [9.17, 15) is 14.0 Å². The lowest BCUT2D eigenvalue weighted by atomic mass is 10.1. The van der Waals surface area contributed by atoms with Gasteiger partial charge in [-0.3, -0.25) is 10.1 Å². The minimum atomic E-state index is -0.306. The third-order valence-electron chi connectivity index (χ3n) is 4.82. The standard InChI is InChI=1S/C21H20FN5O3S/c22-17-3-1-2-15(12-17)13-30-18-6-4-16(5-7-18)19(28)26-8-10-27(11-9-26)21(29)24-20-25-23-14-31-20/h1-7,12,14H,8-11,13H2,(H,24,25,29). The molecule has 2 heterocycles. The van der Waals surface area contributed by atoms with Crippen molar-refractivity contribution in [3.8, 4) is 5.75 Å². The van der Waals surface area contributed by atoms with Gasteiger partial charge in [0.25, 0.3) is 5.91 Å². The summed E-state index contributed by atoms with van der Waals surface area (Å²) in [5.74, 6) is 0.194. The Kier molecular flexibility index (Phi) is 6.37. The largest absolute Gasteiger partial charge is 0.489 e. The second-order valence-corrected chi connectivity index (χ2v) is 7.73. The van der Waals surface area contributed by atoms with Crippen molar-refractivity contribution in [1.29, 1.82) is 0 Å². The molecule has 0 bridgehead atoms. The van der Waals surface area contributed by atoms with Crippen LogP contribution in [0.25, 0.3) is 0 Å². The number of hydrogen-bond acceptors (Lipinski definition) is 6. The highest BCUT2D eigenvalue weighted by Gasteiger charge is 2.25. The van der Waals surface area contributed by atoms with Crippen molar-refractivity contribution >= 4 is 28.4 Å². The van der Waals surface area contributed by atoms with Gasteiger partial charge in [-0.05, 0) is 42.0 Å². The fraction of sp³-hybridized carbons (Fsp3) is 0.238. The normalized spacial score (nSPS) is 13.7. The van der Waals surface area contributed by atoms with Gasteiger partial charge < -0.3 is 14.5 Å². The maximum Gasteiger partial charge on any atom is 0.323 e. The monoisotopic (exact) mass is 441 g/mol. The molecule has 1 aliphatic rings. The van der Waals surface area contributed by atoms with Gasteiger partial charge in [0.05, 0.1) is 0 Å². The number of carbonyl (C=O) groups excluding carboxylic acids is 2. The smallest absolute Gasteiger partial charge is 0.323 e. The van der Waals surface area contributed by atoms with Gasteiger partial charge in [0.1, 0.15) is 23.7 Å². The Bertz CT molecular complexity index is 1040. The summed E-state index contributed by atoms with van der Waals surface area (Å²) >= 11 is 1.25. The van der Waals surface area contributed by atoms with Gasteiger partial charge in [-0.1, -0.05) is 23.5 Å². The van der Waals surface area contributed by atoms with Crippen LogP contribution in [0.4, 0.5) is 14.3 Å². The van der Waals surface area contributed by atoms with Gasteiger partial charge >= 0.3 is 6.03 Å². The lowest BCUT2D eigenvalue weighted by Gasteiger charge is -2.34. The molecular formula is C21H20FN5O3S. The number of aromatic nitrogens is 2. The number of anilines is 1. The molecule has 0 radical (unpaired) electrons. The van der Waals surface area contributed by atoms with Crippen LogP contribution in [0, 0.1) is 5.82 Å². The molecule has 1 aromatic heterocycles. The summed E-state index contributed by atoms with van der Waals surface area (Å²) < 4.78 is 18.9. The zero-order valence-corrected chi connectivity index (χ0v) is 17.3. The molecule has 3 amide bonds. The predicted octanol–water partition coefficient (Wildman–Crippen LogP) is 3.25. The average Bonchev–Trinajstić information content (AvgIpc) is 3.31. The summed E-state index contributed by atoms with van der Waals surface area (Å²) in [5, 5.41) is 10.6. The van der Waals surface area contributed by atoms with Crippen molar-refractivity contribution in [2.75, 3.05) is 31.5 Å². The number of rotatable bonds is 5. The Labute approximate surface area is 182 Å². The molecule has 3 aromatic rings. The van der Waals surface area contributed by atoms with E-state index in [0.29, 0.717) is 42.6 Å². The number of benzene rings is 2. The zero-order valence-electron chi connectivity index (χ0n) is 16.5. The number of amides is 3. The molecule has 1 aliphatic heterocycles. The molecule has 8 nitrogen and oxygen atoms in total. The van der Waals surface area contributed by atoms with E-state index in [1.807, 2.05) is 0 Å². The number of carbonyl (C=O) groups is 2. The minimum absolute atomic E-state index is 0.0964. The molecule has 1 fully saturated rings. The van der Waals surface area contributed by atoms with Gasteiger partial charge in [-0.2, -0.15) is 0 Å². The predicted molar refractivity (Wildman–Crippen MR) is 114 cm³/mol. The fourth-order valence-electron chi connectivity index (χ4n) is 3.18. The topological polar surface area (TPSA) is 87.7 Å². The van der Waals surface area contributed by atoms with E-state index in [0.717, 1.165) is 5.56 Å². The third kappa shape index (κ3) is 5.34. The van der Waals surface area contributed by atoms with Gasteiger partial charge in [0, 0.05) is 31.7 Å². The molecule has 2 aromatic carbocycles. The number of urea groups is 1. The van der Waals surface area contributed by atoms with Crippen LogP contribution in [-0.4, -0.2) is 58.1 Å². The van der Waals surface area contributed by atoms with E-state index >= 15 is 0 Å². The van der Waals surface area contributed by atoms with Crippen LogP contribution >= 0.6 is 11.3 Å². The third-order valence-corrected chi connectivity index (χ3v) is 5.43. The Balaban J connectivity index is 1.27. The first kappa shape index (κ1) is 20.7. The van der Waals surface area contributed by atoms with Crippen molar-refractivity contribution in [1.82, 2.24) is 20.0 Å². The highest BCUT2D eigenvalue weighted by Crippen LogP contribution is 2.17. The Morgan fingerprint density at radius 2 is 1.81 bits per heavy atom. The molecule has 0 aliphatic carbocycles. The van der Waals surface area contributed by atoms with Crippen molar-refractivity contribution in [2.24, 2.45) is 0 Å². The maximum atomic E-state index is 13.2. The molecule has 4 rings (SSSR count). The zero-order chi connectivity index (χ0) is 21.6. The second kappa shape index (κ2) is 9.52. The van der Waals surface area contributed by atoms with Crippen molar-refractivity contribution in [3.05, 3.63) is 71.0 Å². The lowest BCUT2D eigenvalue weighted by Crippen LogP contribution is -2.51. The number of piperazine rings is 1. The number of nitrogens with one attached hydrogen (secondary N) is 1. The molecule has 0 spiro atoms. The second-order valence-electron chi connectivity index (χ2n) is 6.90. The van der Waals surface area contributed by atoms with E-state index in [1.165, 1.54) is 23.5 Å². The Morgan fingerprint density at radius 1 is 1.06 bits per heavy atom. The summed E-state index contributed by atoms with van der Waals surface area (Å²) in [4.78, 5) is 28.4. The first-order valence-corrected chi connectivity index (χ1v) is 10.5. The van der Waals surface area contributed by atoms with Crippen LogP contribution in [0.15, 0.2) is 54.0 Å². The summed E-state index contributed by atoms with van der Waals surface area (Å²) in [6.07, 6.45) is 0. The summed E-state index contributed by atoms with van der Waals surface area (Å²) in [7, 11) is 0. The molecule has 1 saturated heterocycles. The van der Waals surface area contributed by atoms with Crippen molar-refractivity contribution in [3.63, 3.8) is 0 Å². The molecule has 0 saturated carbocycles. The highest BCUT2D eigenvalue weighted by atomic mass is 32.1. The Hall–Kier alpha value is -3.53. The van der Waals surface area contributed by atoms with E-state index in [-0.39, 0.29) is 24.4 Å². The van der Waals surface area contributed by atoms with E-state index in [1.54, 1.807) is 51.7 Å². The lowest BCUT2D eigenvalue weighted by molar-refractivity contribution is 0.0671. The molecule has 160 valence electrons. The SMILES string of the molecule is O=C(Nc1nncs1)N1CCN(C(=O)c2ccc(OCc3cccc(F)c3)cc2)CC1. The van der Waals surface area contributed by atoms with E-state index in [2.05, 4.69) is 15.5 Å². The molecule has 0 atom stereocenters. The van der Waals surface area contributed by atoms with Crippen LogP contribution in [-0.2, 0) is 6.61 Å². The number of ether oxygens (including phenoxy) is 1. The summed E-state index contributed by atoms with van der Waals surface area (Å²) in [6, 6.07) is 12.8. The molecule has 10 heteroatoms. The molecule has 31 heavy (non-hydrogen) atoms. The van der Waals surface area contributed by atoms with Gasteiger partial charge in [0.15, 0.2) is 0 Å².